The van der Waals surface area contributed by atoms with Crippen LogP contribution in [-0.4, -0.2) is 47.4 Å². The Balaban J connectivity index is 1.67. The van der Waals surface area contributed by atoms with Gasteiger partial charge in [-0.05, 0) is 32.1 Å². The van der Waals surface area contributed by atoms with Gasteiger partial charge >= 0.3 is 0 Å². The minimum atomic E-state index is -0.0764. The molecule has 2 unspecified atom stereocenters. The number of ether oxygens (including phenoxy) is 1. The molecule has 3 heteroatoms. The van der Waals surface area contributed by atoms with Crippen molar-refractivity contribution in [2.75, 3.05) is 13.1 Å². The highest BCUT2D eigenvalue weighted by molar-refractivity contribution is 4.92. The summed E-state index contributed by atoms with van der Waals surface area (Å²) in [5.74, 6) is 0. The first-order chi connectivity index (χ1) is 6.83. The summed E-state index contributed by atoms with van der Waals surface area (Å²) in [6, 6.07) is 0.432. The molecule has 0 aromatic rings. The Labute approximate surface area is 85.0 Å². The number of hydrogen-bond donors (Lipinski definition) is 1. The maximum atomic E-state index is 9.85. The molecule has 2 aliphatic heterocycles. The van der Waals surface area contributed by atoms with Crippen LogP contribution in [0, 0.1) is 0 Å². The van der Waals surface area contributed by atoms with E-state index < -0.39 is 0 Å². The number of aliphatic hydroxyl groups excluding tert-OH is 1. The zero-order chi connectivity index (χ0) is 9.54. The van der Waals surface area contributed by atoms with Crippen LogP contribution in [0.2, 0.25) is 0 Å². The summed E-state index contributed by atoms with van der Waals surface area (Å²) >= 11 is 0. The van der Waals surface area contributed by atoms with Crippen LogP contribution in [0.3, 0.4) is 0 Å². The number of morpholine rings is 1. The summed E-state index contributed by atoms with van der Waals surface area (Å²) in [6.45, 7) is 2.11. The summed E-state index contributed by atoms with van der Waals surface area (Å²) in [5, 5.41) is 9.85. The number of fused-ring (bicyclic) bond motifs is 2. The molecule has 0 amide bonds. The summed E-state index contributed by atoms with van der Waals surface area (Å²) in [4.78, 5) is 2.48. The lowest BCUT2D eigenvalue weighted by Crippen LogP contribution is -2.50. The molecule has 3 rings (SSSR count). The van der Waals surface area contributed by atoms with Gasteiger partial charge in [0.05, 0.1) is 18.3 Å². The fraction of sp³-hybridized carbons (Fsp3) is 1.00. The Bertz CT molecular complexity index is 209. The van der Waals surface area contributed by atoms with E-state index >= 15 is 0 Å². The van der Waals surface area contributed by atoms with Gasteiger partial charge in [0.15, 0.2) is 0 Å². The predicted octanol–water partition coefficient (Wildman–Crippen LogP) is 0.763. The van der Waals surface area contributed by atoms with Crippen LogP contribution in [-0.2, 0) is 4.74 Å². The Morgan fingerprint density at radius 3 is 2.29 bits per heavy atom. The second-order valence-corrected chi connectivity index (χ2v) is 4.98. The molecule has 3 fully saturated rings. The average molecular weight is 197 g/mol. The van der Waals surface area contributed by atoms with Crippen molar-refractivity contribution >= 4 is 0 Å². The molecule has 80 valence electrons. The largest absolute Gasteiger partial charge is 0.391 e. The highest BCUT2D eigenvalue weighted by Crippen LogP contribution is 2.32. The third-order valence-corrected chi connectivity index (χ3v) is 3.98. The third-order valence-electron chi connectivity index (χ3n) is 3.98. The number of aliphatic hydroxyl groups is 1. The van der Waals surface area contributed by atoms with Crippen molar-refractivity contribution in [1.29, 1.82) is 0 Å². The molecule has 1 aliphatic carbocycles. The van der Waals surface area contributed by atoms with Crippen molar-refractivity contribution in [2.45, 2.75) is 56.5 Å². The van der Waals surface area contributed by atoms with Crippen LogP contribution in [0.5, 0.6) is 0 Å². The quantitative estimate of drug-likeness (QED) is 0.673. The van der Waals surface area contributed by atoms with Gasteiger partial charge in [-0.1, -0.05) is 0 Å². The van der Waals surface area contributed by atoms with E-state index in [-0.39, 0.29) is 6.10 Å². The molecule has 2 saturated heterocycles. The lowest BCUT2D eigenvalue weighted by Gasteiger charge is -2.37. The minimum absolute atomic E-state index is 0.0764. The van der Waals surface area contributed by atoms with E-state index in [1.54, 1.807) is 0 Å². The molecule has 14 heavy (non-hydrogen) atoms. The molecule has 2 heterocycles. The topological polar surface area (TPSA) is 32.7 Å². The highest BCUT2D eigenvalue weighted by atomic mass is 16.5. The second kappa shape index (κ2) is 3.47. The normalized spacial score (nSPS) is 48.6. The van der Waals surface area contributed by atoms with Gasteiger partial charge in [0.1, 0.15) is 0 Å². The van der Waals surface area contributed by atoms with Gasteiger partial charge in [0, 0.05) is 19.1 Å². The van der Waals surface area contributed by atoms with Gasteiger partial charge in [-0.15, -0.1) is 0 Å². The zero-order valence-corrected chi connectivity index (χ0v) is 8.56. The molecule has 4 atom stereocenters. The summed E-state index contributed by atoms with van der Waals surface area (Å²) in [5.41, 5.74) is 0. The summed E-state index contributed by atoms with van der Waals surface area (Å²) < 4.78 is 5.80. The van der Waals surface area contributed by atoms with E-state index in [0.29, 0.717) is 18.2 Å². The van der Waals surface area contributed by atoms with Gasteiger partial charge in [-0.2, -0.15) is 0 Å². The van der Waals surface area contributed by atoms with Crippen LogP contribution >= 0.6 is 0 Å². The molecule has 0 radical (unpaired) electrons. The average Bonchev–Trinajstić information content (AvgIpc) is 2.73. The minimum Gasteiger partial charge on any atom is -0.391 e. The Kier molecular flexibility index (Phi) is 2.26. The van der Waals surface area contributed by atoms with Crippen molar-refractivity contribution in [3.05, 3.63) is 0 Å². The van der Waals surface area contributed by atoms with Crippen molar-refractivity contribution in [3.8, 4) is 0 Å². The van der Waals surface area contributed by atoms with E-state index in [9.17, 15) is 5.11 Å². The van der Waals surface area contributed by atoms with E-state index in [0.717, 1.165) is 19.5 Å². The maximum absolute atomic E-state index is 9.85. The Morgan fingerprint density at radius 2 is 1.71 bits per heavy atom. The molecule has 2 bridgehead atoms. The molecular formula is C11H19NO2. The summed E-state index contributed by atoms with van der Waals surface area (Å²) in [7, 11) is 0. The molecule has 0 aromatic carbocycles. The molecule has 1 N–H and O–H groups in total. The molecule has 0 aromatic heterocycles. The first-order valence-corrected chi connectivity index (χ1v) is 5.90. The van der Waals surface area contributed by atoms with Gasteiger partial charge in [0.2, 0.25) is 0 Å². The lowest BCUT2D eigenvalue weighted by atomic mass is 10.1. The first kappa shape index (κ1) is 9.13. The number of likely N-dealkylation sites (tertiary alicyclic amines) is 1. The molecule has 3 aliphatic rings. The van der Waals surface area contributed by atoms with Crippen LogP contribution < -0.4 is 0 Å². The smallest absolute Gasteiger partial charge is 0.0707 e. The zero-order valence-electron chi connectivity index (χ0n) is 8.56. The van der Waals surface area contributed by atoms with Crippen molar-refractivity contribution in [1.82, 2.24) is 4.90 Å². The van der Waals surface area contributed by atoms with Gasteiger partial charge < -0.3 is 9.84 Å². The van der Waals surface area contributed by atoms with Crippen LogP contribution in [0.4, 0.5) is 0 Å². The monoisotopic (exact) mass is 197 g/mol. The molecular weight excluding hydrogens is 178 g/mol. The number of nitrogens with zero attached hydrogens (tertiary/aromatic N) is 1. The third kappa shape index (κ3) is 1.47. The van der Waals surface area contributed by atoms with Crippen LogP contribution in [0.1, 0.15) is 32.1 Å². The van der Waals surface area contributed by atoms with E-state index in [2.05, 4.69) is 4.90 Å². The number of hydrogen-bond acceptors (Lipinski definition) is 3. The fourth-order valence-corrected chi connectivity index (χ4v) is 3.26. The van der Waals surface area contributed by atoms with Crippen molar-refractivity contribution < 1.29 is 9.84 Å². The molecule has 0 spiro atoms. The fourth-order valence-electron chi connectivity index (χ4n) is 3.26. The van der Waals surface area contributed by atoms with Crippen molar-refractivity contribution in [3.63, 3.8) is 0 Å². The maximum Gasteiger partial charge on any atom is 0.0707 e. The van der Waals surface area contributed by atoms with E-state index in [1.807, 2.05) is 0 Å². The Morgan fingerprint density at radius 1 is 1.00 bits per heavy atom. The van der Waals surface area contributed by atoms with Gasteiger partial charge in [0.25, 0.3) is 0 Å². The number of rotatable bonds is 1. The summed E-state index contributed by atoms with van der Waals surface area (Å²) in [6.07, 6.45) is 6.67. The standard InChI is InChI=1S/C11H19NO2/c13-11-3-1-2-10(11)12-6-8-4-5-9(7-12)14-8/h8-11,13H,1-7H2/t8?,9?,10-,11-/m0/s1. The highest BCUT2D eigenvalue weighted by Gasteiger charge is 2.39. The second-order valence-electron chi connectivity index (χ2n) is 4.98. The van der Waals surface area contributed by atoms with Gasteiger partial charge in [-0.3, -0.25) is 4.90 Å². The predicted molar refractivity (Wildman–Crippen MR) is 53.1 cm³/mol. The lowest BCUT2D eigenvalue weighted by molar-refractivity contribution is -0.0668. The van der Waals surface area contributed by atoms with E-state index in [1.165, 1.54) is 25.7 Å². The van der Waals surface area contributed by atoms with Crippen molar-refractivity contribution in [2.24, 2.45) is 0 Å². The van der Waals surface area contributed by atoms with Crippen LogP contribution in [0.15, 0.2) is 0 Å². The molecule has 1 saturated carbocycles. The van der Waals surface area contributed by atoms with Gasteiger partial charge in [-0.25, -0.2) is 0 Å². The molecule has 3 nitrogen and oxygen atoms in total. The first-order valence-electron chi connectivity index (χ1n) is 5.90. The van der Waals surface area contributed by atoms with Crippen LogP contribution in [0.25, 0.3) is 0 Å². The van der Waals surface area contributed by atoms with E-state index in [4.69, 9.17) is 4.74 Å². The SMILES string of the molecule is O[C@H]1CCC[C@@H]1N1CC2CCC(C1)O2. The Hall–Kier alpha value is -0.120.